The topological polar surface area (TPSA) is 7.12 Å². The van der Waals surface area contributed by atoms with Crippen LogP contribution in [0.25, 0.3) is 11.3 Å². The van der Waals surface area contributed by atoms with Crippen LogP contribution in [0.3, 0.4) is 0 Å². The van der Waals surface area contributed by atoms with Gasteiger partial charge in [0.1, 0.15) is 5.54 Å². The molecule has 0 N–H and O–H groups in total. The van der Waals surface area contributed by atoms with Crippen molar-refractivity contribution < 1.29 is 4.57 Å². The molecule has 198 valence electrons. The molecule has 1 aromatic heterocycles. The summed E-state index contributed by atoms with van der Waals surface area (Å²) in [4.78, 5) is 2.71. The van der Waals surface area contributed by atoms with E-state index in [0.29, 0.717) is 0 Å². The molecule has 3 heteroatoms. The predicted molar refractivity (Wildman–Crippen MR) is 173 cm³/mol. The van der Waals surface area contributed by atoms with Crippen LogP contribution in [0.1, 0.15) is 33.4 Å². The van der Waals surface area contributed by atoms with E-state index in [1.165, 1.54) is 72.4 Å². The van der Waals surface area contributed by atoms with Crippen molar-refractivity contribution in [3.63, 3.8) is 0 Å². The van der Waals surface area contributed by atoms with E-state index in [1.807, 2.05) is 0 Å². The minimum absolute atomic E-state index is 0.155. The molecular weight excluding hydrogens is 507 g/mol. The van der Waals surface area contributed by atoms with Crippen molar-refractivity contribution in [2.75, 3.05) is 4.90 Å². The number of aromatic nitrogens is 1. The summed E-state index contributed by atoms with van der Waals surface area (Å²) in [7, 11) is 0. The van der Waals surface area contributed by atoms with Gasteiger partial charge in [0.2, 0.25) is 12.4 Å². The SMILES string of the molecule is Cc1cccc(C)c1B1c2ccccc2N2c3c1ccc1c3-c3c(ccc[n+]3C1)C2(c1ccccc1)c1ccccc1. The van der Waals surface area contributed by atoms with Crippen molar-refractivity contribution in [3.05, 3.63) is 167 Å². The van der Waals surface area contributed by atoms with Crippen LogP contribution < -0.4 is 25.9 Å². The average Bonchev–Trinajstić information content (AvgIpc) is 3.43. The van der Waals surface area contributed by atoms with Gasteiger partial charge in [-0.15, -0.1) is 0 Å². The zero-order valence-electron chi connectivity index (χ0n) is 23.9. The first kappa shape index (κ1) is 23.8. The van der Waals surface area contributed by atoms with E-state index >= 15 is 0 Å². The van der Waals surface area contributed by atoms with Gasteiger partial charge in [0.15, 0.2) is 12.7 Å². The molecule has 3 aliphatic rings. The van der Waals surface area contributed by atoms with E-state index in [0.717, 1.165) is 6.54 Å². The summed E-state index contributed by atoms with van der Waals surface area (Å²) in [6, 6.07) is 47.7. The van der Waals surface area contributed by atoms with Crippen molar-refractivity contribution in [2.24, 2.45) is 0 Å². The van der Waals surface area contributed by atoms with E-state index in [9.17, 15) is 0 Å². The number of fused-ring (bicyclic) bond motifs is 2. The van der Waals surface area contributed by atoms with Gasteiger partial charge >= 0.3 is 0 Å². The summed E-state index contributed by atoms with van der Waals surface area (Å²) in [6.07, 6.45) is 2.27. The summed E-state index contributed by atoms with van der Waals surface area (Å²) in [5.74, 6) is 0. The summed E-state index contributed by atoms with van der Waals surface area (Å²) < 4.78 is 2.48. The fourth-order valence-corrected chi connectivity index (χ4v) is 8.34. The van der Waals surface area contributed by atoms with E-state index < -0.39 is 5.54 Å². The highest BCUT2D eigenvalue weighted by Crippen LogP contribution is 2.58. The molecule has 0 atom stereocenters. The van der Waals surface area contributed by atoms with Gasteiger partial charge in [0, 0.05) is 17.3 Å². The minimum atomic E-state index is -0.548. The summed E-state index contributed by atoms with van der Waals surface area (Å²) in [5, 5.41) is 0. The maximum absolute atomic E-state index is 2.71. The Bertz CT molecular complexity index is 1990. The monoisotopic (exact) mass is 537 g/mol. The lowest BCUT2D eigenvalue weighted by atomic mass is 9.33. The van der Waals surface area contributed by atoms with Crippen molar-refractivity contribution in [1.82, 2.24) is 0 Å². The van der Waals surface area contributed by atoms with Crippen molar-refractivity contribution in [1.29, 1.82) is 0 Å². The Kier molecular flexibility index (Phi) is 4.85. The Morgan fingerprint density at radius 1 is 0.643 bits per heavy atom. The normalized spacial score (nSPS) is 14.9. The summed E-state index contributed by atoms with van der Waals surface area (Å²) in [6.45, 7) is 5.60. The second-order valence-corrected chi connectivity index (χ2v) is 12.0. The lowest BCUT2D eigenvalue weighted by molar-refractivity contribution is -0.672. The number of aryl methyl sites for hydroxylation is 2. The zero-order valence-corrected chi connectivity index (χ0v) is 23.9. The zero-order chi connectivity index (χ0) is 28.0. The number of para-hydroxylation sites is 1. The number of anilines is 2. The van der Waals surface area contributed by atoms with Crippen molar-refractivity contribution in [3.8, 4) is 11.3 Å². The van der Waals surface area contributed by atoms with Crippen molar-refractivity contribution in [2.45, 2.75) is 25.9 Å². The molecule has 4 heterocycles. The molecule has 0 spiro atoms. The highest BCUT2D eigenvalue weighted by atomic mass is 15.2. The predicted octanol–water partition coefficient (Wildman–Crippen LogP) is 5.89. The van der Waals surface area contributed by atoms with Crippen LogP contribution in [0.5, 0.6) is 0 Å². The van der Waals surface area contributed by atoms with E-state index in [-0.39, 0.29) is 6.71 Å². The Morgan fingerprint density at radius 3 is 2.02 bits per heavy atom. The Labute approximate surface area is 247 Å². The third-order valence-electron chi connectivity index (χ3n) is 9.91. The molecule has 0 saturated carbocycles. The lowest BCUT2D eigenvalue weighted by Gasteiger charge is -2.53. The number of hydrogen-bond acceptors (Lipinski definition) is 1. The molecule has 5 aromatic carbocycles. The van der Waals surface area contributed by atoms with Gasteiger partial charge in [-0.3, -0.25) is 0 Å². The molecule has 0 aliphatic carbocycles. The van der Waals surface area contributed by atoms with Crippen LogP contribution in [0, 0.1) is 13.8 Å². The minimum Gasteiger partial charge on any atom is -0.323 e. The standard InChI is InChI=1S/C39H30BN2/c1-26-13-11-14-27(2)36(26)40-32-20-9-10-21-34(32)42-38-33(40)23-22-28-25-41-24-12-19-31(37(41)35(28)38)39(42,29-15-5-3-6-16-29)30-17-7-4-8-18-30/h3-24H,25H2,1-2H3/q+1. The number of benzene rings is 5. The van der Waals surface area contributed by atoms with Crippen molar-refractivity contribution >= 4 is 34.5 Å². The van der Waals surface area contributed by atoms with E-state index in [1.54, 1.807) is 0 Å². The Morgan fingerprint density at radius 2 is 1.31 bits per heavy atom. The molecule has 3 aliphatic heterocycles. The molecule has 0 fully saturated rings. The highest BCUT2D eigenvalue weighted by Gasteiger charge is 2.57. The fraction of sp³-hybridized carbons (Fsp3) is 0.103. The molecule has 0 saturated heterocycles. The Hall–Kier alpha value is -4.89. The highest BCUT2D eigenvalue weighted by molar-refractivity contribution is 6.98. The van der Waals surface area contributed by atoms with Crippen LogP contribution in [0.4, 0.5) is 11.4 Å². The molecule has 0 bridgehead atoms. The fourth-order valence-electron chi connectivity index (χ4n) is 8.34. The first-order valence-corrected chi connectivity index (χ1v) is 14.9. The number of hydrogen-bond donors (Lipinski definition) is 0. The summed E-state index contributed by atoms with van der Waals surface area (Å²) in [5.41, 5.74) is 17.0. The lowest BCUT2D eigenvalue weighted by Crippen LogP contribution is -2.63. The van der Waals surface area contributed by atoms with Gasteiger partial charge in [0.25, 0.3) is 0 Å². The molecule has 42 heavy (non-hydrogen) atoms. The van der Waals surface area contributed by atoms with Gasteiger partial charge in [-0.25, -0.2) is 0 Å². The quantitative estimate of drug-likeness (QED) is 0.201. The van der Waals surface area contributed by atoms with Crippen LogP contribution in [-0.2, 0) is 12.1 Å². The van der Waals surface area contributed by atoms with Crippen LogP contribution in [-0.4, -0.2) is 6.71 Å². The number of nitrogens with zero attached hydrogens (tertiary/aromatic N) is 2. The average molecular weight is 537 g/mol. The third kappa shape index (κ3) is 2.88. The molecule has 0 unspecified atom stereocenters. The van der Waals surface area contributed by atoms with Gasteiger partial charge in [-0.2, -0.15) is 4.57 Å². The van der Waals surface area contributed by atoms with Gasteiger partial charge in [-0.1, -0.05) is 126 Å². The Balaban J connectivity index is 1.51. The smallest absolute Gasteiger partial charge is 0.247 e. The maximum atomic E-state index is 2.71. The second-order valence-electron chi connectivity index (χ2n) is 12.0. The molecule has 0 amide bonds. The van der Waals surface area contributed by atoms with Gasteiger partial charge in [-0.05, 0) is 48.0 Å². The third-order valence-corrected chi connectivity index (χ3v) is 9.91. The molecule has 0 radical (unpaired) electrons. The van der Waals surface area contributed by atoms with Crippen LogP contribution in [0.2, 0.25) is 0 Å². The first-order valence-electron chi connectivity index (χ1n) is 14.9. The molecule has 2 nitrogen and oxygen atoms in total. The molecular formula is C39H30BN2+. The summed E-state index contributed by atoms with van der Waals surface area (Å²) >= 11 is 0. The van der Waals surface area contributed by atoms with Crippen LogP contribution in [0.15, 0.2) is 134 Å². The van der Waals surface area contributed by atoms with Crippen LogP contribution >= 0.6 is 0 Å². The largest absolute Gasteiger partial charge is 0.323 e. The van der Waals surface area contributed by atoms with E-state index in [4.69, 9.17) is 0 Å². The first-order chi connectivity index (χ1) is 20.7. The maximum Gasteiger partial charge on any atom is 0.247 e. The van der Waals surface area contributed by atoms with E-state index in [2.05, 4.69) is 157 Å². The number of rotatable bonds is 3. The van der Waals surface area contributed by atoms with Gasteiger partial charge < -0.3 is 4.90 Å². The molecule has 9 rings (SSSR count). The molecule has 6 aromatic rings. The number of pyridine rings is 1. The van der Waals surface area contributed by atoms with Gasteiger partial charge in [0.05, 0.1) is 16.8 Å². The second kappa shape index (κ2) is 8.56.